The first-order chi connectivity index (χ1) is 6.59. The molecule has 0 aliphatic heterocycles. The Kier molecular flexibility index (Phi) is 4.07. The highest BCUT2D eigenvalue weighted by Crippen LogP contribution is 2.04. The molecule has 0 radical (unpaired) electrons. The first-order valence-corrected chi connectivity index (χ1v) is 5.16. The number of hydrogen-bond acceptors (Lipinski definition) is 3. The summed E-state index contributed by atoms with van der Waals surface area (Å²) in [6.07, 6.45) is 2.92. The third-order valence-corrected chi connectivity index (χ3v) is 2.24. The zero-order valence-corrected chi connectivity index (χ0v) is 9.49. The molecule has 0 aliphatic rings. The summed E-state index contributed by atoms with van der Waals surface area (Å²) in [5.41, 5.74) is 0. The van der Waals surface area contributed by atoms with E-state index in [-0.39, 0.29) is 0 Å². The predicted molar refractivity (Wildman–Crippen MR) is 56.8 cm³/mol. The summed E-state index contributed by atoms with van der Waals surface area (Å²) in [4.78, 5) is 0. The molecule has 1 N–H and O–H groups in total. The van der Waals surface area contributed by atoms with Gasteiger partial charge in [-0.25, -0.2) is 0 Å². The lowest BCUT2D eigenvalue weighted by molar-refractivity contribution is 0.434. The Morgan fingerprint density at radius 3 is 2.64 bits per heavy atom. The molecule has 4 nitrogen and oxygen atoms in total. The van der Waals surface area contributed by atoms with Crippen molar-refractivity contribution in [2.24, 2.45) is 13.0 Å². The minimum absolute atomic E-state index is 0.534. The second-order valence-corrected chi connectivity index (χ2v) is 4.27. The van der Waals surface area contributed by atoms with Crippen LogP contribution in [0.5, 0.6) is 0 Å². The van der Waals surface area contributed by atoms with Crippen LogP contribution in [0.25, 0.3) is 0 Å². The summed E-state index contributed by atoms with van der Waals surface area (Å²) in [7, 11) is 1.96. The van der Waals surface area contributed by atoms with Gasteiger partial charge in [0.1, 0.15) is 12.2 Å². The SMILES string of the molecule is CC(C)CC(C)NCc1nncn1C. The Labute approximate surface area is 85.7 Å². The van der Waals surface area contributed by atoms with Crippen molar-refractivity contribution in [3.63, 3.8) is 0 Å². The normalized spacial score (nSPS) is 13.5. The van der Waals surface area contributed by atoms with Gasteiger partial charge in [0, 0.05) is 13.1 Å². The summed E-state index contributed by atoms with van der Waals surface area (Å²) in [6.45, 7) is 7.47. The van der Waals surface area contributed by atoms with Crippen LogP contribution in [0, 0.1) is 5.92 Å². The maximum absolute atomic E-state index is 4.02. The predicted octanol–water partition coefficient (Wildman–Crippen LogP) is 1.34. The molecule has 1 rings (SSSR count). The van der Waals surface area contributed by atoms with E-state index in [1.54, 1.807) is 6.33 Å². The first-order valence-electron chi connectivity index (χ1n) is 5.16. The van der Waals surface area contributed by atoms with Crippen LogP contribution in [-0.2, 0) is 13.6 Å². The van der Waals surface area contributed by atoms with Crippen molar-refractivity contribution in [2.45, 2.75) is 39.8 Å². The molecule has 0 bridgehead atoms. The molecule has 0 saturated carbocycles. The minimum Gasteiger partial charge on any atom is -0.320 e. The van der Waals surface area contributed by atoms with Gasteiger partial charge in [-0.3, -0.25) is 0 Å². The molecule has 0 spiro atoms. The van der Waals surface area contributed by atoms with Gasteiger partial charge in [-0.2, -0.15) is 0 Å². The molecule has 0 saturated heterocycles. The topological polar surface area (TPSA) is 42.7 Å². The van der Waals surface area contributed by atoms with Crippen molar-refractivity contribution >= 4 is 0 Å². The fraction of sp³-hybridized carbons (Fsp3) is 0.800. The number of aryl methyl sites for hydroxylation is 1. The van der Waals surface area contributed by atoms with E-state index in [9.17, 15) is 0 Å². The van der Waals surface area contributed by atoms with Crippen LogP contribution < -0.4 is 5.32 Å². The van der Waals surface area contributed by atoms with Crippen molar-refractivity contribution in [3.05, 3.63) is 12.2 Å². The second-order valence-electron chi connectivity index (χ2n) is 4.27. The van der Waals surface area contributed by atoms with Crippen LogP contribution >= 0.6 is 0 Å². The highest BCUT2D eigenvalue weighted by molar-refractivity contribution is 4.83. The minimum atomic E-state index is 0.534. The molecule has 80 valence electrons. The van der Waals surface area contributed by atoms with Crippen molar-refractivity contribution in [2.75, 3.05) is 0 Å². The maximum atomic E-state index is 4.02. The Hall–Kier alpha value is -0.900. The molecule has 1 aromatic rings. The van der Waals surface area contributed by atoms with Crippen LogP contribution in [0.1, 0.15) is 33.0 Å². The molecule has 1 atom stereocenters. The summed E-state index contributed by atoms with van der Waals surface area (Å²) in [6, 6.07) is 0.534. The fourth-order valence-corrected chi connectivity index (χ4v) is 1.52. The number of rotatable bonds is 5. The monoisotopic (exact) mass is 196 g/mol. The van der Waals surface area contributed by atoms with Crippen molar-refractivity contribution in [1.29, 1.82) is 0 Å². The number of aromatic nitrogens is 3. The van der Waals surface area contributed by atoms with Gasteiger partial charge in [0.2, 0.25) is 0 Å². The Morgan fingerprint density at radius 1 is 1.43 bits per heavy atom. The summed E-state index contributed by atoms with van der Waals surface area (Å²) >= 11 is 0. The van der Waals surface area contributed by atoms with Gasteiger partial charge in [-0.15, -0.1) is 10.2 Å². The summed E-state index contributed by atoms with van der Waals surface area (Å²) in [5, 5.41) is 11.3. The Morgan fingerprint density at radius 2 is 2.14 bits per heavy atom. The largest absolute Gasteiger partial charge is 0.320 e. The molecule has 1 heterocycles. The van der Waals surface area contributed by atoms with Crippen LogP contribution in [0.3, 0.4) is 0 Å². The third-order valence-electron chi connectivity index (χ3n) is 2.24. The molecular weight excluding hydrogens is 176 g/mol. The van der Waals surface area contributed by atoms with Crippen LogP contribution in [-0.4, -0.2) is 20.8 Å². The highest BCUT2D eigenvalue weighted by atomic mass is 15.3. The van der Waals surface area contributed by atoms with Crippen molar-refractivity contribution in [3.8, 4) is 0 Å². The average molecular weight is 196 g/mol. The zero-order chi connectivity index (χ0) is 10.6. The number of nitrogens with zero attached hydrogens (tertiary/aromatic N) is 3. The zero-order valence-electron chi connectivity index (χ0n) is 9.49. The number of hydrogen-bond donors (Lipinski definition) is 1. The standard InChI is InChI=1S/C10H20N4/c1-8(2)5-9(3)11-6-10-13-12-7-14(10)4/h7-9,11H,5-6H2,1-4H3. The van der Waals surface area contributed by atoms with E-state index >= 15 is 0 Å². The molecule has 4 heteroatoms. The second kappa shape index (κ2) is 5.10. The van der Waals surface area contributed by atoms with E-state index < -0.39 is 0 Å². The van der Waals surface area contributed by atoms with Gasteiger partial charge in [-0.1, -0.05) is 13.8 Å². The summed E-state index contributed by atoms with van der Waals surface area (Å²) < 4.78 is 1.94. The first kappa shape index (κ1) is 11.2. The van der Waals surface area contributed by atoms with Crippen LogP contribution in [0.15, 0.2) is 6.33 Å². The lowest BCUT2D eigenvalue weighted by Gasteiger charge is -2.15. The van der Waals surface area contributed by atoms with Gasteiger partial charge in [-0.05, 0) is 19.3 Å². The van der Waals surface area contributed by atoms with Crippen molar-refractivity contribution in [1.82, 2.24) is 20.1 Å². The average Bonchev–Trinajstić information content (AvgIpc) is 2.46. The van der Waals surface area contributed by atoms with E-state index in [2.05, 4.69) is 36.3 Å². The van der Waals surface area contributed by atoms with E-state index in [4.69, 9.17) is 0 Å². The van der Waals surface area contributed by atoms with Gasteiger partial charge in [0.05, 0.1) is 6.54 Å². The van der Waals surface area contributed by atoms with E-state index in [0.29, 0.717) is 6.04 Å². The Balaban J connectivity index is 2.30. The fourth-order valence-electron chi connectivity index (χ4n) is 1.52. The van der Waals surface area contributed by atoms with Crippen LogP contribution in [0.4, 0.5) is 0 Å². The van der Waals surface area contributed by atoms with Crippen LogP contribution in [0.2, 0.25) is 0 Å². The van der Waals surface area contributed by atoms with E-state index in [1.807, 2.05) is 11.6 Å². The molecule has 1 unspecified atom stereocenters. The molecule has 0 aliphatic carbocycles. The molecular formula is C10H20N4. The third kappa shape index (κ3) is 3.46. The maximum Gasteiger partial charge on any atom is 0.146 e. The molecule has 0 amide bonds. The lowest BCUT2D eigenvalue weighted by atomic mass is 10.1. The molecule has 0 aromatic carbocycles. The highest BCUT2D eigenvalue weighted by Gasteiger charge is 2.06. The van der Waals surface area contributed by atoms with E-state index in [0.717, 1.165) is 18.3 Å². The van der Waals surface area contributed by atoms with E-state index in [1.165, 1.54) is 6.42 Å². The van der Waals surface area contributed by atoms with Crippen molar-refractivity contribution < 1.29 is 0 Å². The van der Waals surface area contributed by atoms with Gasteiger partial charge < -0.3 is 9.88 Å². The molecule has 1 aromatic heterocycles. The van der Waals surface area contributed by atoms with Gasteiger partial charge in [0.25, 0.3) is 0 Å². The van der Waals surface area contributed by atoms with Gasteiger partial charge >= 0.3 is 0 Å². The smallest absolute Gasteiger partial charge is 0.146 e. The Bertz CT molecular complexity index is 267. The quantitative estimate of drug-likeness (QED) is 0.772. The molecule has 14 heavy (non-hydrogen) atoms. The van der Waals surface area contributed by atoms with Gasteiger partial charge in [0.15, 0.2) is 0 Å². The molecule has 0 fully saturated rings. The summed E-state index contributed by atoms with van der Waals surface area (Å²) in [5.74, 6) is 1.72. The lowest BCUT2D eigenvalue weighted by Crippen LogP contribution is -2.28. The number of nitrogens with one attached hydrogen (secondary N) is 1.